The van der Waals surface area contributed by atoms with Crippen molar-refractivity contribution in [2.45, 2.75) is 32.0 Å². The van der Waals surface area contributed by atoms with Gasteiger partial charge in [0.25, 0.3) is 0 Å². The zero-order chi connectivity index (χ0) is 10.6. The second-order valence-corrected chi connectivity index (χ2v) is 4.35. The van der Waals surface area contributed by atoms with Crippen LogP contribution < -0.4 is 5.32 Å². The monoisotopic (exact) mass is 214 g/mol. The molecule has 0 aromatic carbocycles. The minimum Gasteiger partial charge on any atom is -0.314 e. The standard InChI is InChI=1S/C9H18N4S/c1-5-10-7(2)6-14-9-12-11-8(3)13(9)4/h7,10H,5-6H2,1-4H3. The average Bonchev–Trinajstić information content (AvgIpc) is 2.46. The van der Waals surface area contributed by atoms with Gasteiger partial charge < -0.3 is 9.88 Å². The molecule has 1 aromatic heterocycles. The highest BCUT2D eigenvalue weighted by atomic mass is 32.2. The van der Waals surface area contributed by atoms with Crippen molar-refractivity contribution in [1.29, 1.82) is 0 Å². The van der Waals surface area contributed by atoms with Gasteiger partial charge in [-0.25, -0.2) is 0 Å². The van der Waals surface area contributed by atoms with Crippen LogP contribution in [0.1, 0.15) is 19.7 Å². The van der Waals surface area contributed by atoms with E-state index >= 15 is 0 Å². The summed E-state index contributed by atoms with van der Waals surface area (Å²) in [4.78, 5) is 0. The molecule has 0 saturated heterocycles. The molecule has 4 nitrogen and oxygen atoms in total. The first-order valence-electron chi connectivity index (χ1n) is 4.87. The maximum Gasteiger partial charge on any atom is 0.190 e. The SMILES string of the molecule is CCNC(C)CSc1nnc(C)n1C. The van der Waals surface area contributed by atoms with E-state index in [-0.39, 0.29) is 0 Å². The Morgan fingerprint density at radius 3 is 2.71 bits per heavy atom. The molecule has 1 heterocycles. The van der Waals surface area contributed by atoms with Gasteiger partial charge in [0.15, 0.2) is 5.16 Å². The molecule has 14 heavy (non-hydrogen) atoms. The number of aromatic nitrogens is 3. The first-order valence-corrected chi connectivity index (χ1v) is 5.85. The van der Waals surface area contributed by atoms with Crippen molar-refractivity contribution in [3.63, 3.8) is 0 Å². The zero-order valence-electron chi connectivity index (χ0n) is 9.24. The summed E-state index contributed by atoms with van der Waals surface area (Å²) in [5.74, 6) is 1.99. The van der Waals surface area contributed by atoms with Gasteiger partial charge in [-0.05, 0) is 20.4 Å². The number of thioether (sulfide) groups is 1. The number of nitrogens with zero attached hydrogens (tertiary/aromatic N) is 3. The fourth-order valence-electron chi connectivity index (χ4n) is 1.12. The second-order valence-electron chi connectivity index (χ2n) is 3.36. The fraction of sp³-hybridized carbons (Fsp3) is 0.778. The van der Waals surface area contributed by atoms with E-state index in [0.717, 1.165) is 23.3 Å². The summed E-state index contributed by atoms with van der Waals surface area (Å²) >= 11 is 1.74. The molecule has 0 fully saturated rings. The highest BCUT2D eigenvalue weighted by molar-refractivity contribution is 7.99. The van der Waals surface area contributed by atoms with E-state index in [4.69, 9.17) is 0 Å². The molecule has 0 bridgehead atoms. The Balaban J connectivity index is 2.41. The van der Waals surface area contributed by atoms with E-state index in [1.54, 1.807) is 11.8 Å². The summed E-state index contributed by atoms with van der Waals surface area (Å²) < 4.78 is 2.02. The second kappa shape index (κ2) is 5.36. The molecule has 0 radical (unpaired) electrons. The van der Waals surface area contributed by atoms with Crippen LogP contribution in [-0.4, -0.2) is 33.1 Å². The number of hydrogen-bond donors (Lipinski definition) is 1. The van der Waals surface area contributed by atoms with E-state index in [2.05, 4.69) is 29.4 Å². The van der Waals surface area contributed by atoms with E-state index in [1.165, 1.54) is 0 Å². The molecule has 80 valence electrons. The van der Waals surface area contributed by atoms with E-state index in [0.29, 0.717) is 6.04 Å². The molecule has 1 unspecified atom stereocenters. The molecule has 0 amide bonds. The van der Waals surface area contributed by atoms with Gasteiger partial charge in [0, 0.05) is 18.8 Å². The summed E-state index contributed by atoms with van der Waals surface area (Å²) in [6, 6.07) is 0.516. The summed E-state index contributed by atoms with van der Waals surface area (Å²) in [5, 5.41) is 12.5. The Hall–Kier alpha value is -0.550. The van der Waals surface area contributed by atoms with Gasteiger partial charge in [-0.3, -0.25) is 0 Å². The molecule has 0 aliphatic heterocycles. The third kappa shape index (κ3) is 2.99. The fourth-order valence-corrected chi connectivity index (χ4v) is 2.06. The van der Waals surface area contributed by atoms with E-state index in [9.17, 15) is 0 Å². The largest absolute Gasteiger partial charge is 0.314 e. The van der Waals surface area contributed by atoms with Crippen LogP contribution in [0.4, 0.5) is 0 Å². The lowest BCUT2D eigenvalue weighted by molar-refractivity contribution is 0.618. The Morgan fingerprint density at radius 2 is 2.21 bits per heavy atom. The normalized spacial score (nSPS) is 13.1. The summed E-state index contributed by atoms with van der Waals surface area (Å²) in [6.45, 7) is 7.28. The third-order valence-corrected chi connectivity index (χ3v) is 3.35. The lowest BCUT2D eigenvalue weighted by Gasteiger charge is -2.10. The van der Waals surface area contributed by atoms with Crippen molar-refractivity contribution in [1.82, 2.24) is 20.1 Å². The molecule has 1 aromatic rings. The van der Waals surface area contributed by atoms with Gasteiger partial charge >= 0.3 is 0 Å². The molecule has 0 aliphatic rings. The Labute approximate surface area is 89.5 Å². The first-order chi connectivity index (χ1) is 6.65. The molecule has 1 N–H and O–H groups in total. The van der Waals surface area contributed by atoms with Crippen LogP contribution >= 0.6 is 11.8 Å². The van der Waals surface area contributed by atoms with E-state index < -0.39 is 0 Å². The summed E-state index contributed by atoms with van der Waals surface area (Å²) in [7, 11) is 2.00. The van der Waals surface area contributed by atoms with Crippen LogP contribution in [0.25, 0.3) is 0 Å². The Morgan fingerprint density at radius 1 is 1.50 bits per heavy atom. The lowest BCUT2D eigenvalue weighted by atomic mass is 10.4. The molecule has 5 heteroatoms. The van der Waals surface area contributed by atoms with Crippen LogP contribution in [0.15, 0.2) is 5.16 Å². The number of rotatable bonds is 5. The highest BCUT2D eigenvalue weighted by Gasteiger charge is 2.07. The predicted octanol–water partition coefficient (Wildman–Crippen LogP) is 1.21. The van der Waals surface area contributed by atoms with Gasteiger partial charge in [0.05, 0.1) is 0 Å². The third-order valence-electron chi connectivity index (χ3n) is 2.07. The summed E-state index contributed by atoms with van der Waals surface area (Å²) in [6.07, 6.45) is 0. The van der Waals surface area contributed by atoms with Gasteiger partial charge in [0.2, 0.25) is 0 Å². The van der Waals surface area contributed by atoms with Gasteiger partial charge in [-0.2, -0.15) is 0 Å². The predicted molar refractivity (Wildman–Crippen MR) is 59.6 cm³/mol. The maximum absolute atomic E-state index is 4.10. The van der Waals surface area contributed by atoms with Crippen LogP contribution in [0.5, 0.6) is 0 Å². The zero-order valence-corrected chi connectivity index (χ0v) is 10.1. The smallest absolute Gasteiger partial charge is 0.190 e. The number of aryl methyl sites for hydroxylation is 1. The van der Waals surface area contributed by atoms with Crippen molar-refractivity contribution in [3.8, 4) is 0 Å². The van der Waals surface area contributed by atoms with Crippen molar-refractivity contribution >= 4 is 11.8 Å². The van der Waals surface area contributed by atoms with E-state index in [1.807, 2.05) is 18.5 Å². The molecule has 0 spiro atoms. The maximum atomic E-state index is 4.10. The van der Waals surface area contributed by atoms with Crippen LogP contribution in [-0.2, 0) is 7.05 Å². The topological polar surface area (TPSA) is 42.7 Å². The highest BCUT2D eigenvalue weighted by Crippen LogP contribution is 2.15. The minimum atomic E-state index is 0.516. The molecular weight excluding hydrogens is 196 g/mol. The molecule has 0 saturated carbocycles. The van der Waals surface area contributed by atoms with Crippen LogP contribution in [0.2, 0.25) is 0 Å². The minimum absolute atomic E-state index is 0.516. The van der Waals surface area contributed by atoms with Crippen molar-refractivity contribution in [2.75, 3.05) is 12.3 Å². The van der Waals surface area contributed by atoms with Crippen molar-refractivity contribution in [3.05, 3.63) is 5.82 Å². The number of nitrogens with one attached hydrogen (secondary N) is 1. The van der Waals surface area contributed by atoms with Crippen LogP contribution in [0, 0.1) is 6.92 Å². The Bertz CT molecular complexity index is 284. The van der Waals surface area contributed by atoms with Gasteiger partial charge in [-0.1, -0.05) is 18.7 Å². The molecule has 1 rings (SSSR count). The molecular formula is C9H18N4S. The van der Waals surface area contributed by atoms with Gasteiger partial charge in [-0.15, -0.1) is 10.2 Å². The Kier molecular flexibility index (Phi) is 4.41. The molecule has 1 atom stereocenters. The van der Waals surface area contributed by atoms with Crippen LogP contribution in [0.3, 0.4) is 0 Å². The van der Waals surface area contributed by atoms with Gasteiger partial charge in [0.1, 0.15) is 5.82 Å². The number of hydrogen-bond acceptors (Lipinski definition) is 4. The quantitative estimate of drug-likeness (QED) is 0.748. The summed E-state index contributed by atoms with van der Waals surface area (Å²) in [5.41, 5.74) is 0. The lowest BCUT2D eigenvalue weighted by Crippen LogP contribution is -2.27. The average molecular weight is 214 g/mol. The van der Waals surface area contributed by atoms with Crippen molar-refractivity contribution in [2.24, 2.45) is 7.05 Å². The first kappa shape index (κ1) is 11.5. The molecule has 0 aliphatic carbocycles. The van der Waals surface area contributed by atoms with Crippen molar-refractivity contribution < 1.29 is 0 Å².